The highest BCUT2D eigenvalue weighted by Gasteiger charge is 2.37. The first-order valence-corrected chi connectivity index (χ1v) is 7.06. The molecule has 6 nitrogen and oxygen atoms in total. The molecule has 1 amide bonds. The Kier molecular flexibility index (Phi) is 3.49. The summed E-state index contributed by atoms with van der Waals surface area (Å²) < 4.78 is 45.2. The van der Waals surface area contributed by atoms with Crippen molar-refractivity contribution >= 4 is 34.0 Å². The van der Waals surface area contributed by atoms with E-state index in [4.69, 9.17) is 16.0 Å². The number of amides is 1. The molecule has 0 saturated heterocycles. The highest BCUT2D eigenvalue weighted by Crippen LogP contribution is 2.41. The van der Waals surface area contributed by atoms with Gasteiger partial charge in [-0.2, -0.15) is 13.2 Å². The van der Waals surface area contributed by atoms with Crippen molar-refractivity contribution in [1.82, 2.24) is 10.4 Å². The molecule has 0 bridgehead atoms. The number of rotatable bonds is 2. The molecule has 10 heteroatoms. The molecule has 0 unspecified atom stereocenters. The van der Waals surface area contributed by atoms with Crippen molar-refractivity contribution in [3.8, 4) is 10.6 Å². The molecule has 23 heavy (non-hydrogen) atoms. The Morgan fingerprint density at radius 1 is 1.39 bits per heavy atom. The first-order chi connectivity index (χ1) is 10.8. The number of nitrogens with one attached hydrogen (secondary N) is 1. The first kappa shape index (κ1) is 15.3. The smallest absolute Gasteiger partial charge is 0.417 e. The van der Waals surface area contributed by atoms with Crippen LogP contribution in [0.15, 0.2) is 28.0 Å². The number of hydrogen-bond acceptors (Lipinski definition) is 6. The number of anilines is 1. The highest BCUT2D eigenvalue weighted by atomic mass is 32.1. The molecular weight excluding hydrogens is 333 g/mol. The van der Waals surface area contributed by atoms with Crippen LogP contribution < -0.4 is 17.0 Å². The summed E-state index contributed by atoms with van der Waals surface area (Å²) in [5, 5.41) is 1.24. The maximum absolute atomic E-state index is 13.4. The van der Waals surface area contributed by atoms with Crippen LogP contribution in [0, 0.1) is 0 Å². The number of carbonyl (C=O) groups excluding carboxylic acids is 1. The summed E-state index contributed by atoms with van der Waals surface area (Å²) in [6.07, 6.45) is -4.69. The Balaban J connectivity index is 2.35. The molecule has 0 aromatic carbocycles. The number of thiophene rings is 1. The average Bonchev–Trinajstić information content (AvgIpc) is 3.13. The molecule has 3 aromatic heterocycles. The van der Waals surface area contributed by atoms with Crippen LogP contribution in [0.3, 0.4) is 0 Å². The predicted octanol–water partition coefficient (Wildman–Crippen LogP) is 2.76. The van der Waals surface area contributed by atoms with E-state index in [-0.39, 0.29) is 11.4 Å². The van der Waals surface area contributed by atoms with Crippen LogP contribution in [-0.4, -0.2) is 10.9 Å². The van der Waals surface area contributed by atoms with Gasteiger partial charge in [0.15, 0.2) is 0 Å². The summed E-state index contributed by atoms with van der Waals surface area (Å²) in [6, 6.07) is 4.19. The van der Waals surface area contributed by atoms with E-state index in [0.717, 1.165) is 6.07 Å². The van der Waals surface area contributed by atoms with Crippen molar-refractivity contribution in [1.29, 1.82) is 0 Å². The molecule has 0 aliphatic rings. The lowest BCUT2D eigenvalue weighted by Crippen LogP contribution is -2.30. The number of nitrogens with two attached hydrogens (primary N) is 2. The number of fused-ring (bicyclic) bond motifs is 1. The van der Waals surface area contributed by atoms with E-state index in [0.29, 0.717) is 4.88 Å². The van der Waals surface area contributed by atoms with Gasteiger partial charge in [-0.15, -0.1) is 11.3 Å². The SMILES string of the molecule is NNC(=O)c1oc2nc(-c3cccs3)cc(C(F)(F)F)c2c1N. The standard InChI is InChI=1S/C13H9F3N4O2S/c14-13(15,16)5-4-6(7-2-1-3-23-7)19-12-8(5)9(17)10(22-12)11(21)20-18/h1-4H,17-18H2,(H,20,21). The number of halogens is 3. The van der Waals surface area contributed by atoms with Gasteiger partial charge in [-0.3, -0.25) is 10.2 Å². The molecule has 5 N–H and O–H groups in total. The maximum atomic E-state index is 13.4. The highest BCUT2D eigenvalue weighted by molar-refractivity contribution is 7.13. The van der Waals surface area contributed by atoms with Crippen LogP contribution in [0.25, 0.3) is 21.7 Å². The van der Waals surface area contributed by atoms with Crippen molar-refractivity contribution in [2.75, 3.05) is 5.73 Å². The normalized spacial score (nSPS) is 11.8. The number of nitrogens with zero attached hydrogens (tertiary/aromatic N) is 1. The minimum atomic E-state index is -4.69. The molecule has 3 heterocycles. The largest absolute Gasteiger partial charge is 0.430 e. The summed E-state index contributed by atoms with van der Waals surface area (Å²) in [6.45, 7) is 0. The Bertz CT molecular complexity index is 887. The lowest BCUT2D eigenvalue weighted by Gasteiger charge is -2.09. The number of hydrogen-bond donors (Lipinski definition) is 3. The van der Waals surface area contributed by atoms with E-state index in [9.17, 15) is 18.0 Å². The number of carbonyl (C=O) groups is 1. The van der Waals surface area contributed by atoms with Gasteiger partial charge in [0.1, 0.15) is 0 Å². The maximum Gasteiger partial charge on any atom is 0.417 e. The molecule has 0 aliphatic carbocycles. The molecule has 0 aliphatic heterocycles. The average molecular weight is 342 g/mol. The van der Waals surface area contributed by atoms with Gasteiger partial charge in [0.25, 0.3) is 0 Å². The molecule has 0 fully saturated rings. The van der Waals surface area contributed by atoms with E-state index in [1.807, 2.05) is 0 Å². The van der Waals surface area contributed by atoms with Gasteiger partial charge in [0.05, 0.1) is 27.2 Å². The van der Waals surface area contributed by atoms with Crippen LogP contribution >= 0.6 is 11.3 Å². The molecule has 0 saturated carbocycles. The fourth-order valence-electron chi connectivity index (χ4n) is 2.13. The second-order valence-corrected chi connectivity index (χ2v) is 5.48. The van der Waals surface area contributed by atoms with E-state index < -0.39 is 34.5 Å². The van der Waals surface area contributed by atoms with Crippen molar-refractivity contribution in [2.24, 2.45) is 5.84 Å². The monoisotopic (exact) mass is 342 g/mol. The van der Waals surface area contributed by atoms with Crippen LogP contribution in [0.4, 0.5) is 18.9 Å². The Labute approximate surface area is 130 Å². The number of aromatic nitrogens is 1. The van der Waals surface area contributed by atoms with Gasteiger partial charge >= 0.3 is 12.1 Å². The zero-order chi connectivity index (χ0) is 16.8. The number of pyridine rings is 1. The van der Waals surface area contributed by atoms with E-state index in [1.165, 1.54) is 11.3 Å². The van der Waals surface area contributed by atoms with Gasteiger partial charge in [0, 0.05) is 0 Å². The van der Waals surface area contributed by atoms with Gasteiger partial charge in [-0.1, -0.05) is 6.07 Å². The van der Waals surface area contributed by atoms with Gasteiger partial charge in [-0.05, 0) is 17.5 Å². The zero-order valence-corrected chi connectivity index (χ0v) is 12.1. The third-order valence-electron chi connectivity index (χ3n) is 3.12. The molecule has 3 rings (SSSR count). The van der Waals surface area contributed by atoms with Gasteiger partial charge < -0.3 is 10.2 Å². The predicted molar refractivity (Wildman–Crippen MR) is 78.4 cm³/mol. The van der Waals surface area contributed by atoms with Crippen LogP contribution in [-0.2, 0) is 6.18 Å². The summed E-state index contributed by atoms with van der Waals surface area (Å²) >= 11 is 1.22. The summed E-state index contributed by atoms with van der Waals surface area (Å²) in [5.74, 6) is 3.52. The molecule has 0 radical (unpaired) electrons. The van der Waals surface area contributed by atoms with Crippen molar-refractivity contribution in [3.05, 3.63) is 34.9 Å². The third kappa shape index (κ3) is 2.51. The van der Waals surface area contributed by atoms with E-state index in [2.05, 4.69) is 4.98 Å². The molecule has 0 spiro atoms. The minimum Gasteiger partial charge on any atom is -0.430 e. The third-order valence-corrected chi connectivity index (χ3v) is 4.01. The number of nitrogen functional groups attached to an aromatic ring is 2. The summed E-state index contributed by atoms with van der Waals surface area (Å²) in [4.78, 5) is 16.1. The second kappa shape index (κ2) is 5.25. The fraction of sp³-hybridized carbons (Fsp3) is 0.0769. The lowest BCUT2D eigenvalue weighted by molar-refractivity contribution is -0.136. The Hall–Kier alpha value is -2.59. The van der Waals surface area contributed by atoms with Gasteiger partial charge in [0.2, 0.25) is 11.5 Å². The molecule has 0 atom stereocenters. The van der Waals surface area contributed by atoms with Crippen LogP contribution in [0.1, 0.15) is 16.1 Å². The van der Waals surface area contributed by atoms with Gasteiger partial charge in [-0.25, -0.2) is 10.8 Å². The Morgan fingerprint density at radius 2 is 2.13 bits per heavy atom. The van der Waals surface area contributed by atoms with Crippen molar-refractivity contribution in [2.45, 2.75) is 6.18 Å². The lowest BCUT2D eigenvalue weighted by atomic mass is 10.1. The van der Waals surface area contributed by atoms with E-state index in [1.54, 1.807) is 22.9 Å². The van der Waals surface area contributed by atoms with Crippen LogP contribution in [0.2, 0.25) is 0 Å². The number of alkyl halides is 3. The number of furan rings is 1. The minimum absolute atomic E-state index is 0.0771. The first-order valence-electron chi connectivity index (χ1n) is 6.18. The molecule has 3 aromatic rings. The second-order valence-electron chi connectivity index (χ2n) is 4.53. The fourth-order valence-corrected chi connectivity index (χ4v) is 2.82. The zero-order valence-electron chi connectivity index (χ0n) is 11.3. The van der Waals surface area contributed by atoms with Crippen LogP contribution in [0.5, 0.6) is 0 Å². The number of hydrazine groups is 1. The van der Waals surface area contributed by atoms with Crippen molar-refractivity contribution < 1.29 is 22.4 Å². The topological polar surface area (TPSA) is 107 Å². The molecular formula is C13H9F3N4O2S. The molecule has 120 valence electrons. The van der Waals surface area contributed by atoms with Crippen molar-refractivity contribution in [3.63, 3.8) is 0 Å². The Morgan fingerprint density at radius 3 is 2.70 bits per heavy atom. The summed E-state index contributed by atoms with van der Waals surface area (Å²) in [7, 11) is 0. The quantitative estimate of drug-likeness (QED) is 0.377. The van der Waals surface area contributed by atoms with E-state index >= 15 is 0 Å². The summed E-state index contributed by atoms with van der Waals surface area (Å²) in [5.41, 5.74) is 5.62.